The van der Waals surface area contributed by atoms with Gasteiger partial charge in [0.05, 0.1) is 35.8 Å². The Balaban J connectivity index is 1.76. The molecule has 1 aliphatic heterocycles. The standard InChI is InChI=1S/C16H16ClN5O2/c17-11-4-3-10(7-18)13(6-11)19-15(24)8-22-5-1-2-12-16(22)14(9-23)21-20-12/h3-4,6,23H,1-2,5,8-9H2,(H,19,24)(H,20,21). The third kappa shape index (κ3) is 3.20. The van der Waals surface area contributed by atoms with E-state index in [0.29, 0.717) is 28.5 Å². The lowest BCUT2D eigenvalue weighted by atomic mass is 10.1. The number of nitrogens with one attached hydrogen (secondary N) is 2. The number of carbonyl (C=O) groups is 1. The van der Waals surface area contributed by atoms with E-state index in [1.807, 2.05) is 11.0 Å². The zero-order valence-electron chi connectivity index (χ0n) is 12.8. The number of aromatic amines is 1. The molecule has 8 heteroatoms. The lowest BCUT2D eigenvalue weighted by Crippen LogP contribution is -2.37. The molecular formula is C16H16ClN5O2. The first-order chi connectivity index (χ1) is 11.6. The van der Waals surface area contributed by atoms with Crippen LogP contribution in [0.3, 0.4) is 0 Å². The first kappa shape index (κ1) is 16.3. The fraction of sp³-hybridized carbons (Fsp3) is 0.312. The first-order valence-electron chi connectivity index (χ1n) is 7.53. The number of hydrogen-bond donors (Lipinski definition) is 3. The fourth-order valence-corrected chi connectivity index (χ4v) is 3.04. The number of fused-ring (bicyclic) bond motifs is 1. The van der Waals surface area contributed by atoms with Gasteiger partial charge in [-0.15, -0.1) is 0 Å². The van der Waals surface area contributed by atoms with Gasteiger partial charge in [0.1, 0.15) is 11.8 Å². The zero-order chi connectivity index (χ0) is 17.1. The second-order valence-electron chi connectivity index (χ2n) is 5.53. The van der Waals surface area contributed by atoms with Crippen LogP contribution in [0.15, 0.2) is 18.2 Å². The van der Waals surface area contributed by atoms with E-state index in [2.05, 4.69) is 15.5 Å². The first-order valence-corrected chi connectivity index (χ1v) is 7.91. The number of hydrogen-bond acceptors (Lipinski definition) is 5. The summed E-state index contributed by atoms with van der Waals surface area (Å²) in [6, 6.07) is 6.75. The van der Waals surface area contributed by atoms with Crippen LogP contribution >= 0.6 is 11.6 Å². The highest BCUT2D eigenvalue weighted by atomic mass is 35.5. The molecule has 0 saturated heterocycles. The number of aliphatic hydroxyl groups is 1. The van der Waals surface area contributed by atoms with Crippen molar-refractivity contribution in [2.45, 2.75) is 19.4 Å². The Bertz CT molecular complexity index is 798. The van der Waals surface area contributed by atoms with Crippen molar-refractivity contribution in [3.63, 3.8) is 0 Å². The van der Waals surface area contributed by atoms with Crippen molar-refractivity contribution in [2.75, 3.05) is 23.3 Å². The van der Waals surface area contributed by atoms with Crippen LogP contribution in [0.25, 0.3) is 0 Å². The molecule has 3 rings (SSSR count). The highest BCUT2D eigenvalue weighted by Gasteiger charge is 2.24. The highest BCUT2D eigenvalue weighted by Crippen LogP contribution is 2.29. The summed E-state index contributed by atoms with van der Waals surface area (Å²) in [4.78, 5) is 14.3. The van der Waals surface area contributed by atoms with Crippen LogP contribution in [-0.4, -0.2) is 34.3 Å². The van der Waals surface area contributed by atoms with Crippen LogP contribution in [-0.2, 0) is 17.8 Å². The molecule has 3 N–H and O–H groups in total. The molecule has 0 aliphatic carbocycles. The number of carbonyl (C=O) groups excluding carboxylic acids is 1. The van der Waals surface area contributed by atoms with Crippen LogP contribution < -0.4 is 10.2 Å². The minimum absolute atomic E-state index is 0.108. The maximum atomic E-state index is 12.4. The van der Waals surface area contributed by atoms with Crippen LogP contribution in [0, 0.1) is 11.3 Å². The Morgan fingerprint density at radius 3 is 3.12 bits per heavy atom. The fourth-order valence-electron chi connectivity index (χ4n) is 2.87. The van der Waals surface area contributed by atoms with Gasteiger partial charge in [-0.2, -0.15) is 10.4 Å². The lowest BCUT2D eigenvalue weighted by molar-refractivity contribution is -0.115. The van der Waals surface area contributed by atoms with E-state index < -0.39 is 0 Å². The van der Waals surface area contributed by atoms with E-state index in [9.17, 15) is 9.90 Å². The van der Waals surface area contributed by atoms with E-state index in [1.54, 1.807) is 18.2 Å². The minimum Gasteiger partial charge on any atom is -0.390 e. The number of nitriles is 1. The molecule has 2 heterocycles. The average molecular weight is 346 g/mol. The number of aromatic nitrogens is 2. The molecule has 1 amide bonds. The van der Waals surface area contributed by atoms with E-state index in [1.165, 1.54) is 0 Å². The lowest BCUT2D eigenvalue weighted by Gasteiger charge is -2.28. The number of halogens is 1. The summed E-state index contributed by atoms with van der Waals surface area (Å²) in [6.07, 6.45) is 1.74. The van der Waals surface area contributed by atoms with Gasteiger partial charge in [0, 0.05) is 11.6 Å². The van der Waals surface area contributed by atoms with Gasteiger partial charge in [0.15, 0.2) is 0 Å². The van der Waals surface area contributed by atoms with E-state index in [0.717, 1.165) is 24.2 Å². The normalized spacial score (nSPS) is 13.3. The van der Waals surface area contributed by atoms with Gasteiger partial charge in [-0.1, -0.05) is 11.6 Å². The molecule has 1 aromatic heterocycles. The molecule has 0 fully saturated rings. The molecule has 0 atom stereocenters. The predicted molar refractivity (Wildman–Crippen MR) is 89.8 cm³/mol. The monoisotopic (exact) mass is 345 g/mol. The van der Waals surface area contributed by atoms with Crippen LogP contribution in [0.5, 0.6) is 0 Å². The van der Waals surface area contributed by atoms with Crippen molar-refractivity contribution in [1.29, 1.82) is 5.26 Å². The van der Waals surface area contributed by atoms with Gasteiger partial charge in [0.25, 0.3) is 0 Å². The summed E-state index contributed by atoms with van der Waals surface area (Å²) in [7, 11) is 0. The molecule has 124 valence electrons. The third-order valence-corrected chi connectivity index (χ3v) is 4.15. The molecule has 0 bridgehead atoms. The van der Waals surface area contributed by atoms with Crippen LogP contribution in [0.1, 0.15) is 23.4 Å². The molecule has 2 aromatic rings. The number of rotatable bonds is 4. The second-order valence-corrected chi connectivity index (χ2v) is 5.97. The SMILES string of the molecule is N#Cc1ccc(Cl)cc1NC(=O)CN1CCCc2[nH]nc(CO)c21. The second kappa shape index (κ2) is 6.91. The zero-order valence-corrected chi connectivity index (χ0v) is 13.6. The average Bonchev–Trinajstić information content (AvgIpc) is 2.99. The molecular weight excluding hydrogens is 330 g/mol. The molecule has 7 nitrogen and oxygen atoms in total. The Morgan fingerprint density at radius 1 is 1.54 bits per heavy atom. The van der Waals surface area contributed by atoms with Crippen LogP contribution in [0.2, 0.25) is 5.02 Å². The van der Waals surface area contributed by atoms with Gasteiger partial charge >= 0.3 is 0 Å². The number of nitrogens with zero attached hydrogens (tertiary/aromatic N) is 3. The number of aryl methyl sites for hydroxylation is 1. The van der Waals surface area contributed by atoms with Gasteiger partial charge in [-0.25, -0.2) is 0 Å². The Hall–Kier alpha value is -2.56. The van der Waals surface area contributed by atoms with Gasteiger partial charge in [-0.3, -0.25) is 9.89 Å². The predicted octanol–water partition coefficient (Wildman–Crippen LogP) is 1.82. The summed E-state index contributed by atoms with van der Waals surface area (Å²) >= 11 is 5.93. The maximum Gasteiger partial charge on any atom is 0.243 e. The third-order valence-electron chi connectivity index (χ3n) is 3.92. The number of anilines is 2. The summed E-state index contributed by atoms with van der Waals surface area (Å²) < 4.78 is 0. The minimum atomic E-state index is -0.258. The molecule has 0 unspecified atom stereocenters. The van der Waals surface area contributed by atoms with Crippen molar-refractivity contribution in [3.05, 3.63) is 40.2 Å². The largest absolute Gasteiger partial charge is 0.390 e. The van der Waals surface area contributed by atoms with Crippen molar-refractivity contribution in [3.8, 4) is 6.07 Å². The van der Waals surface area contributed by atoms with Gasteiger partial charge in [0.2, 0.25) is 5.91 Å². The highest BCUT2D eigenvalue weighted by molar-refractivity contribution is 6.31. The Kier molecular flexibility index (Phi) is 4.69. The van der Waals surface area contributed by atoms with Gasteiger partial charge < -0.3 is 15.3 Å². The summed E-state index contributed by atoms with van der Waals surface area (Å²) in [5, 5.41) is 28.7. The van der Waals surface area contributed by atoms with Gasteiger partial charge in [-0.05, 0) is 31.0 Å². The smallest absolute Gasteiger partial charge is 0.243 e. The van der Waals surface area contributed by atoms with Crippen molar-refractivity contribution >= 4 is 28.9 Å². The van der Waals surface area contributed by atoms with Crippen LogP contribution in [0.4, 0.5) is 11.4 Å². The molecule has 1 aromatic carbocycles. The maximum absolute atomic E-state index is 12.4. The van der Waals surface area contributed by atoms with Crippen molar-refractivity contribution in [1.82, 2.24) is 10.2 Å². The van der Waals surface area contributed by atoms with Crippen molar-refractivity contribution < 1.29 is 9.90 Å². The number of amides is 1. The van der Waals surface area contributed by atoms with E-state index in [4.69, 9.17) is 16.9 Å². The van der Waals surface area contributed by atoms with E-state index >= 15 is 0 Å². The number of H-pyrrole nitrogens is 1. The molecule has 0 saturated carbocycles. The molecule has 1 aliphatic rings. The summed E-state index contributed by atoms with van der Waals surface area (Å²) in [5.74, 6) is -0.258. The summed E-state index contributed by atoms with van der Waals surface area (Å²) in [6.45, 7) is 0.626. The van der Waals surface area contributed by atoms with Crippen molar-refractivity contribution in [2.24, 2.45) is 0 Å². The molecule has 0 spiro atoms. The molecule has 0 radical (unpaired) electrons. The Labute approximate surface area is 143 Å². The molecule has 24 heavy (non-hydrogen) atoms. The topological polar surface area (TPSA) is 105 Å². The van der Waals surface area contributed by atoms with E-state index in [-0.39, 0.29) is 19.1 Å². The quantitative estimate of drug-likeness (QED) is 0.784. The number of benzene rings is 1. The Morgan fingerprint density at radius 2 is 2.38 bits per heavy atom. The number of aliphatic hydroxyl groups excluding tert-OH is 1. The summed E-state index contributed by atoms with van der Waals surface area (Å²) in [5.41, 5.74) is 3.01.